The van der Waals surface area contributed by atoms with Crippen LogP contribution in [-0.2, 0) is 6.42 Å². The van der Waals surface area contributed by atoms with E-state index in [1.165, 1.54) is 11.3 Å². The number of halogens is 1. The molecule has 7 heteroatoms. The van der Waals surface area contributed by atoms with Gasteiger partial charge in [-0.1, -0.05) is 17.7 Å². The number of benzene rings is 1. The molecule has 1 aliphatic heterocycles. The third kappa shape index (κ3) is 3.71. The molecule has 0 bridgehead atoms. The Morgan fingerprint density at radius 3 is 2.84 bits per heavy atom. The van der Waals surface area contributed by atoms with Crippen LogP contribution in [0.1, 0.15) is 15.5 Å². The molecule has 3 aromatic rings. The molecule has 0 spiro atoms. The first-order chi connectivity index (χ1) is 12.2. The van der Waals surface area contributed by atoms with E-state index in [2.05, 4.69) is 14.9 Å². The average molecular weight is 375 g/mol. The van der Waals surface area contributed by atoms with Crippen molar-refractivity contribution in [2.75, 3.05) is 32.7 Å². The number of carbonyl (C=O) groups is 1. The van der Waals surface area contributed by atoms with Crippen LogP contribution in [0.5, 0.6) is 0 Å². The summed E-state index contributed by atoms with van der Waals surface area (Å²) in [7, 11) is 0. The molecular formula is C18H19ClN4OS. The minimum absolute atomic E-state index is 0.156. The van der Waals surface area contributed by atoms with E-state index in [0.717, 1.165) is 60.9 Å². The normalized spacial score (nSPS) is 15.8. The summed E-state index contributed by atoms with van der Waals surface area (Å²) in [5.74, 6) is 1.14. The number of fused-ring (bicyclic) bond motifs is 1. The first-order valence-corrected chi connectivity index (χ1v) is 9.64. The SMILES string of the molecule is O=C(c1cccs1)N1CCN(CCc2nc3ccc(Cl)cc3[nH]2)CC1. The van der Waals surface area contributed by atoms with E-state index in [0.29, 0.717) is 5.02 Å². The fourth-order valence-electron chi connectivity index (χ4n) is 3.15. The lowest BCUT2D eigenvalue weighted by Gasteiger charge is -2.34. The Morgan fingerprint density at radius 1 is 1.24 bits per heavy atom. The maximum atomic E-state index is 12.4. The van der Waals surface area contributed by atoms with Crippen LogP contribution in [0.4, 0.5) is 0 Å². The fraction of sp³-hybridized carbons (Fsp3) is 0.333. The third-order valence-electron chi connectivity index (χ3n) is 4.55. The number of rotatable bonds is 4. The summed E-state index contributed by atoms with van der Waals surface area (Å²) in [6, 6.07) is 9.52. The summed E-state index contributed by atoms with van der Waals surface area (Å²) < 4.78 is 0. The highest BCUT2D eigenvalue weighted by molar-refractivity contribution is 7.12. The zero-order chi connectivity index (χ0) is 17.2. The second kappa shape index (κ2) is 7.15. The van der Waals surface area contributed by atoms with E-state index in [1.54, 1.807) is 0 Å². The smallest absolute Gasteiger partial charge is 0.264 e. The molecule has 1 saturated heterocycles. The molecule has 1 aromatic carbocycles. The van der Waals surface area contributed by atoms with Gasteiger partial charge in [0.2, 0.25) is 0 Å². The zero-order valence-electron chi connectivity index (χ0n) is 13.7. The number of H-pyrrole nitrogens is 1. The Labute approximate surface area is 155 Å². The van der Waals surface area contributed by atoms with Crippen molar-refractivity contribution in [3.8, 4) is 0 Å². The van der Waals surface area contributed by atoms with Crippen LogP contribution < -0.4 is 0 Å². The summed E-state index contributed by atoms with van der Waals surface area (Å²) in [5, 5.41) is 2.67. The summed E-state index contributed by atoms with van der Waals surface area (Å²) in [6.07, 6.45) is 0.866. The van der Waals surface area contributed by atoms with Crippen LogP contribution in [0.15, 0.2) is 35.7 Å². The first kappa shape index (κ1) is 16.6. The Balaban J connectivity index is 1.30. The minimum Gasteiger partial charge on any atom is -0.342 e. The van der Waals surface area contributed by atoms with Crippen LogP contribution in [0.2, 0.25) is 5.02 Å². The van der Waals surface area contributed by atoms with E-state index in [1.807, 2.05) is 40.6 Å². The maximum Gasteiger partial charge on any atom is 0.264 e. The Bertz CT molecular complexity index is 868. The van der Waals surface area contributed by atoms with Crippen LogP contribution in [0.3, 0.4) is 0 Å². The predicted octanol–water partition coefficient (Wildman–Crippen LogP) is 3.28. The summed E-state index contributed by atoms with van der Waals surface area (Å²) >= 11 is 7.52. The van der Waals surface area contributed by atoms with E-state index < -0.39 is 0 Å². The monoisotopic (exact) mass is 374 g/mol. The second-order valence-corrected chi connectivity index (χ2v) is 7.59. The molecule has 1 aliphatic rings. The molecule has 0 unspecified atom stereocenters. The number of imidazole rings is 1. The molecule has 0 atom stereocenters. The molecule has 4 rings (SSSR count). The highest BCUT2D eigenvalue weighted by atomic mass is 35.5. The van der Waals surface area contributed by atoms with Gasteiger partial charge >= 0.3 is 0 Å². The Kier molecular flexibility index (Phi) is 4.74. The molecule has 1 fully saturated rings. The molecule has 2 aromatic heterocycles. The van der Waals surface area contributed by atoms with Crippen molar-refractivity contribution < 1.29 is 4.79 Å². The molecule has 25 heavy (non-hydrogen) atoms. The van der Waals surface area contributed by atoms with Crippen molar-refractivity contribution in [2.45, 2.75) is 6.42 Å². The first-order valence-electron chi connectivity index (χ1n) is 8.38. The Hall–Kier alpha value is -1.89. The summed E-state index contributed by atoms with van der Waals surface area (Å²) in [4.78, 5) is 25.5. The van der Waals surface area contributed by atoms with Gasteiger partial charge in [-0.3, -0.25) is 9.69 Å². The van der Waals surface area contributed by atoms with E-state index in [4.69, 9.17) is 11.6 Å². The number of hydrogen-bond acceptors (Lipinski definition) is 4. The van der Waals surface area contributed by atoms with E-state index >= 15 is 0 Å². The molecule has 1 N–H and O–H groups in total. The lowest BCUT2D eigenvalue weighted by Crippen LogP contribution is -2.49. The van der Waals surface area contributed by atoms with E-state index in [9.17, 15) is 4.79 Å². The van der Waals surface area contributed by atoms with Crippen molar-refractivity contribution in [2.24, 2.45) is 0 Å². The molecule has 0 aliphatic carbocycles. The average Bonchev–Trinajstić information content (AvgIpc) is 3.29. The molecular weight excluding hydrogens is 356 g/mol. The topological polar surface area (TPSA) is 52.2 Å². The van der Waals surface area contributed by atoms with E-state index in [-0.39, 0.29) is 5.91 Å². The van der Waals surface area contributed by atoms with Gasteiger partial charge in [0, 0.05) is 44.2 Å². The highest BCUT2D eigenvalue weighted by Crippen LogP contribution is 2.18. The molecule has 5 nitrogen and oxygen atoms in total. The fourth-order valence-corrected chi connectivity index (χ4v) is 4.01. The quantitative estimate of drug-likeness (QED) is 0.762. The number of thiophene rings is 1. The van der Waals surface area contributed by atoms with Gasteiger partial charge in [-0.2, -0.15) is 0 Å². The van der Waals surface area contributed by atoms with Gasteiger partial charge in [-0.25, -0.2) is 4.98 Å². The number of aromatic amines is 1. The lowest BCUT2D eigenvalue weighted by molar-refractivity contribution is 0.0643. The van der Waals surface area contributed by atoms with Gasteiger partial charge in [0.25, 0.3) is 5.91 Å². The molecule has 1 amide bonds. The van der Waals surface area contributed by atoms with Gasteiger partial charge in [0.1, 0.15) is 5.82 Å². The van der Waals surface area contributed by atoms with Crippen LogP contribution in [-0.4, -0.2) is 58.4 Å². The van der Waals surface area contributed by atoms with Gasteiger partial charge in [-0.15, -0.1) is 11.3 Å². The number of amides is 1. The van der Waals surface area contributed by atoms with Crippen LogP contribution in [0, 0.1) is 0 Å². The summed E-state index contributed by atoms with van der Waals surface area (Å²) in [5.41, 5.74) is 1.93. The minimum atomic E-state index is 0.156. The highest BCUT2D eigenvalue weighted by Gasteiger charge is 2.22. The molecule has 130 valence electrons. The van der Waals surface area contributed by atoms with Crippen molar-refractivity contribution in [3.63, 3.8) is 0 Å². The number of nitrogens with one attached hydrogen (secondary N) is 1. The van der Waals surface area contributed by atoms with Crippen LogP contribution >= 0.6 is 22.9 Å². The molecule has 0 saturated carbocycles. The molecule has 0 radical (unpaired) electrons. The van der Waals surface area contributed by atoms with Gasteiger partial charge in [0.05, 0.1) is 15.9 Å². The van der Waals surface area contributed by atoms with Gasteiger partial charge in [0.15, 0.2) is 0 Å². The number of carbonyl (C=O) groups excluding carboxylic acids is 1. The zero-order valence-corrected chi connectivity index (χ0v) is 15.3. The number of aromatic nitrogens is 2. The van der Waals surface area contributed by atoms with Crippen molar-refractivity contribution in [1.29, 1.82) is 0 Å². The lowest BCUT2D eigenvalue weighted by atomic mass is 10.2. The van der Waals surface area contributed by atoms with Crippen molar-refractivity contribution in [1.82, 2.24) is 19.8 Å². The van der Waals surface area contributed by atoms with Gasteiger partial charge in [-0.05, 0) is 29.6 Å². The predicted molar refractivity (Wildman–Crippen MR) is 101 cm³/mol. The number of hydrogen-bond donors (Lipinski definition) is 1. The number of nitrogens with zero attached hydrogens (tertiary/aromatic N) is 3. The summed E-state index contributed by atoms with van der Waals surface area (Å²) in [6.45, 7) is 4.32. The molecule has 3 heterocycles. The third-order valence-corrected chi connectivity index (χ3v) is 5.64. The van der Waals surface area contributed by atoms with Crippen molar-refractivity contribution >= 4 is 39.9 Å². The standard InChI is InChI=1S/C18H19ClN4OS/c19-13-3-4-14-15(12-13)21-17(20-14)5-6-22-7-9-23(10-8-22)18(24)16-2-1-11-25-16/h1-4,11-12H,5-10H2,(H,20,21). The van der Waals surface area contributed by atoms with Crippen LogP contribution in [0.25, 0.3) is 11.0 Å². The largest absolute Gasteiger partial charge is 0.342 e. The van der Waals surface area contributed by atoms with Gasteiger partial charge < -0.3 is 9.88 Å². The number of piperazine rings is 1. The maximum absolute atomic E-state index is 12.4. The Morgan fingerprint density at radius 2 is 2.08 bits per heavy atom. The second-order valence-electron chi connectivity index (χ2n) is 6.21. The van der Waals surface area contributed by atoms with Crippen molar-refractivity contribution in [3.05, 3.63) is 51.4 Å².